The van der Waals surface area contributed by atoms with Crippen LogP contribution in [0.15, 0.2) is 27.1 Å². The summed E-state index contributed by atoms with van der Waals surface area (Å²) < 4.78 is 2.11. The van der Waals surface area contributed by atoms with Crippen LogP contribution in [0.25, 0.3) is 0 Å². The Morgan fingerprint density at radius 1 is 1.13 bits per heavy atom. The molecule has 0 bridgehead atoms. The Hall–Kier alpha value is 0.1000. The Balaban J connectivity index is 2.57. The van der Waals surface area contributed by atoms with Crippen LogP contribution < -0.4 is 11.5 Å². The lowest BCUT2D eigenvalue weighted by Gasteiger charge is -2.12. The maximum atomic E-state index is 6.08. The molecule has 0 aliphatic rings. The van der Waals surface area contributed by atoms with Crippen LogP contribution in [-0.2, 0) is 0 Å². The number of rotatable bonds is 5. The highest BCUT2D eigenvalue weighted by molar-refractivity contribution is 9.13. The highest BCUT2D eigenvalue weighted by Crippen LogP contribution is 2.27. The zero-order valence-corrected chi connectivity index (χ0v) is 11.7. The van der Waals surface area contributed by atoms with Gasteiger partial charge in [-0.15, -0.1) is 0 Å². The maximum Gasteiger partial charge on any atom is 0.0320 e. The Kier molecular flexibility index (Phi) is 5.82. The molecule has 84 valence electrons. The van der Waals surface area contributed by atoms with Crippen LogP contribution in [-0.4, -0.2) is 6.54 Å². The van der Waals surface area contributed by atoms with Crippen LogP contribution in [0.3, 0.4) is 0 Å². The highest BCUT2D eigenvalue weighted by Gasteiger charge is 2.07. The third kappa shape index (κ3) is 4.23. The van der Waals surface area contributed by atoms with Crippen molar-refractivity contribution in [2.24, 2.45) is 11.5 Å². The van der Waals surface area contributed by atoms with E-state index in [-0.39, 0.29) is 6.04 Å². The van der Waals surface area contributed by atoms with Crippen LogP contribution in [0.1, 0.15) is 30.9 Å². The van der Waals surface area contributed by atoms with Crippen LogP contribution in [0.5, 0.6) is 0 Å². The molecule has 1 rings (SSSR count). The summed E-state index contributed by atoms with van der Waals surface area (Å²) in [6.07, 6.45) is 3.13. The molecule has 0 spiro atoms. The van der Waals surface area contributed by atoms with Gasteiger partial charge in [-0.3, -0.25) is 0 Å². The Morgan fingerprint density at radius 2 is 1.87 bits per heavy atom. The minimum Gasteiger partial charge on any atom is -0.330 e. The van der Waals surface area contributed by atoms with Gasteiger partial charge in [-0.25, -0.2) is 0 Å². The minimum atomic E-state index is 0.112. The van der Waals surface area contributed by atoms with Gasteiger partial charge in [-0.05, 0) is 68.9 Å². The van der Waals surface area contributed by atoms with E-state index < -0.39 is 0 Å². The van der Waals surface area contributed by atoms with Crippen molar-refractivity contribution in [2.75, 3.05) is 6.54 Å². The van der Waals surface area contributed by atoms with Crippen molar-refractivity contribution in [2.45, 2.75) is 25.3 Å². The van der Waals surface area contributed by atoms with Crippen molar-refractivity contribution in [3.8, 4) is 0 Å². The van der Waals surface area contributed by atoms with Crippen LogP contribution >= 0.6 is 31.9 Å². The molecule has 0 aliphatic carbocycles. The van der Waals surface area contributed by atoms with Crippen molar-refractivity contribution >= 4 is 31.9 Å². The number of hydrogen-bond donors (Lipinski definition) is 2. The van der Waals surface area contributed by atoms with Crippen molar-refractivity contribution in [3.63, 3.8) is 0 Å². The first-order valence-electron chi connectivity index (χ1n) is 5.05. The van der Waals surface area contributed by atoms with Gasteiger partial charge in [0.15, 0.2) is 0 Å². The van der Waals surface area contributed by atoms with E-state index in [0.717, 1.165) is 34.8 Å². The zero-order chi connectivity index (χ0) is 11.3. The van der Waals surface area contributed by atoms with Gasteiger partial charge in [-0.1, -0.05) is 12.5 Å². The van der Waals surface area contributed by atoms with E-state index in [2.05, 4.69) is 44.0 Å². The molecule has 2 nitrogen and oxygen atoms in total. The van der Waals surface area contributed by atoms with E-state index >= 15 is 0 Å². The van der Waals surface area contributed by atoms with E-state index in [9.17, 15) is 0 Å². The summed E-state index contributed by atoms with van der Waals surface area (Å²) in [5.41, 5.74) is 12.7. The van der Waals surface area contributed by atoms with E-state index in [1.54, 1.807) is 0 Å². The van der Waals surface area contributed by atoms with Gasteiger partial charge in [0.25, 0.3) is 0 Å². The van der Waals surface area contributed by atoms with Gasteiger partial charge in [-0.2, -0.15) is 0 Å². The zero-order valence-electron chi connectivity index (χ0n) is 8.55. The van der Waals surface area contributed by atoms with E-state index in [4.69, 9.17) is 11.5 Å². The van der Waals surface area contributed by atoms with Gasteiger partial charge >= 0.3 is 0 Å². The molecule has 0 heterocycles. The molecule has 0 saturated carbocycles. The van der Waals surface area contributed by atoms with Gasteiger partial charge in [0.1, 0.15) is 0 Å². The number of halogens is 2. The summed E-state index contributed by atoms with van der Waals surface area (Å²) in [6.45, 7) is 0.747. The second-order valence-corrected chi connectivity index (χ2v) is 5.27. The molecule has 0 aromatic heterocycles. The third-order valence-corrected chi connectivity index (χ3v) is 4.22. The van der Waals surface area contributed by atoms with Crippen molar-refractivity contribution in [1.29, 1.82) is 0 Å². The monoisotopic (exact) mass is 334 g/mol. The van der Waals surface area contributed by atoms with Crippen LogP contribution in [0.2, 0.25) is 0 Å². The molecule has 0 fully saturated rings. The molecule has 0 saturated heterocycles. The molecule has 1 aromatic carbocycles. The Morgan fingerprint density at radius 3 is 2.47 bits per heavy atom. The van der Waals surface area contributed by atoms with Crippen molar-refractivity contribution < 1.29 is 0 Å². The van der Waals surface area contributed by atoms with E-state index in [1.807, 2.05) is 6.07 Å². The fourth-order valence-corrected chi connectivity index (χ4v) is 2.06. The molecule has 15 heavy (non-hydrogen) atoms. The number of nitrogens with two attached hydrogens (primary N) is 2. The summed E-state index contributed by atoms with van der Waals surface area (Å²) >= 11 is 6.91. The lowest BCUT2D eigenvalue weighted by Crippen LogP contribution is -2.11. The molecule has 1 atom stereocenters. The predicted molar refractivity (Wildman–Crippen MR) is 71.7 cm³/mol. The van der Waals surface area contributed by atoms with Gasteiger partial charge < -0.3 is 11.5 Å². The summed E-state index contributed by atoms with van der Waals surface area (Å²) in [7, 11) is 0. The molecular weight excluding hydrogens is 320 g/mol. The number of hydrogen-bond acceptors (Lipinski definition) is 2. The smallest absolute Gasteiger partial charge is 0.0320 e. The first kappa shape index (κ1) is 13.2. The first-order valence-corrected chi connectivity index (χ1v) is 6.64. The molecule has 0 aliphatic heterocycles. The molecule has 1 aromatic rings. The van der Waals surface area contributed by atoms with Gasteiger partial charge in [0.2, 0.25) is 0 Å². The molecule has 0 radical (unpaired) electrons. The molecule has 4 N–H and O–H groups in total. The first-order chi connectivity index (χ1) is 7.15. The quantitative estimate of drug-likeness (QED) is 0.811. The van der Waals surface area contributed by atoms with E-state index in [0.29, 0.717) is 0 Å². The van der Waals surface area contributed by atoms with Gasteiger partial charge in [0.05, 0.1) is 0 Å². The minimum absolute atomic E-state index is 0.112. The summed E-state index contributed by atoms with van der Waals surface area (Å²) in [5.74, 6) is 0. The topological polar surface area (TPSA) is 52.0 Å². The second-order valence-electron chi connectivity index (χ2n) is 3.56. The second kappa shape index (κ2) is 6.63. The Bertz CT molecular complexity index is 315. The van der Waals surface area contributed by atoms with Crippen LogP contribution in [0, 0.1) is 0 Å². The summed E-state index contributed by atoms with van der Waals surface area (Å²) in [6, 6.07) is 6.25. The fraction of sp³-hybridized carbons (Fsp3) is 0.455. The lowest BCUT2D eigenvalue weighted by atomic mass is 10.0. The normalized spacial score (nSPS) is 12.8. The predicted octanol–water partition coefficient (Wildman–Crippen LogP) is 3.34. The van der Waals surface area contributed by atoms with Gasteiger partial charge in [0, 0.05) is 15.0 Å². The Labute approximate surface area is 108 Å². The molecule has 0 amide bonds. The lowest BCUT2D eigenvalue weighted by molar-refractivity contribution is 0.591. The van der Waals surface area contributed by atoms with Crippen LogP contribution in [0.4, 0.5) is 0 Å². The fourth-order valence-electron chi connectivity index (χ4n) is 1.42. The number of unbranched alkanes of at least 4 members (excludes halogenated alkanes) is 1. The largest absolute Gasteiger partial charge is 0.330 e. The average molecular weight is 336 g/mol. The summed E-state index contributed by atoms with van der Waals surface area (Å²) in [4.78, 5) is 0. The summed E-state index contributed by atoms with van der Waals surface area (Å²) in [5, 5.41) is 0. The van der Waals surface area contributed by atoms with E-state index in [1.165, 1.54) is 5.56 Å². The third-order valence-electron chi connectivity index (χ3n) is 2.34. The standard InChI is InChI=1S/C11H16Br2N2/c12-9-5-4-8(7-10(9)13)11(15)3-1-2-6-14/h4-5,7,11H,1-3,6,14-15H2/t11-/m0/s1. The number of benzene rings is 1. The maximum absolute atomic E-state index is 6.08. The molecule has 0 unspecified atom stereocenters. The average Bonchev–Trinajstić information content (AvgIpc) is 2.22. The molecule has 4 heteroatoms. The highest BCUT2D eigenvalue weighted by atomic mass is 79.9. The van der Waals surface area contributed by atoms with Crippen molar-refractivity contribution in [3.05, 3.63) is 32.7 Å². The SMILES string of the molecule is NCCCC[C@H](N)c1ccc(Br)c(Br)c1. The molecular formula is C11H16Br2N2. The van der Waals surface area contributed by atoms with Crippen molar-refractivity contribution in [1.82, 2.24) is 0 Å².